The Hall–Kier alpha value is -3.75. The van der Waals surface area contributed by atoms with Gasteiger partial charge < -0.3 is 49.6 Å². The molecule has 38 heavy (non-hydrogen) atoms. The molecule has 0 spiro atoms. The Balaban J connectivity index is 2.00. The van der Waals surface area contributed by atoms with E-state index in [1.807, 2.05) is 0 Å². The van der Waals surface area contributed by atoms with Gasteiger partial charge in [-0.15, -0.1) is 0 Å². The third kappa shape index (κ3) is 3.78. The van der Waals surface area contributed by atoms with E-state index in [-0.39, 0.29) is 34.6 Å². The Kier molecular flexibility index (Phi) is 7.07. The van der Waals surface area contributed by atoms with Gasteiger partial charge in [0.15, 0.2) is 23.1 Å². The van der Waals surface area contributed by atoms with Gasteiger partial charge in [-0.1, -0.05) is 0 Å². The lowest BCUT2D eigenvalue weighted by Crippen LogP contribution is -2.55. The second-order valence-electron chi connectivity index (χ2n) is 8.88. The summed E-state index contributed by atoms with van der Waals surface area (Å²) in [5.41, 5.74) is -2.86. The first kappa shape index (κ1) is 27.3. The first-order chi connectivity index (χ1) is 17.9. The highest BCUT2D eigenvalue weighted by Gasteiger charge is 2.49. The molecule has 1 aliphatic carbocycles. The lowest BCUT2D eigenvalue weighted by Gasteiger charge is -2.41. The van der Waals surface area contributed by atoms with Crippen LogP contribution in [0.4, 0.5) is 0 Å². The van der Waals surface area contributed by atoms with Crippen molar-refractivity contribution in [3.05, 3.63) is 45.0 Å². The van der Waals surface area contributed by atoms with Crippen LogP contribution in [0.5, 0.6) is 23.0 Å². The maximum atomic E-state index is 13.7. The van der Waals surface area contributed by atoms with Crippen LogP contribution in [0.15, 0.2) is 6.07 Å². The molecule has 13 nitrogen and oxygen atoms in total. The normalized spacial score (nSPS) is 24.6. The predicted molar refractivity (Wildman–Crippen MR) is 125 cm³/mol. The average molecular weight is 534 g/mol. The molecule has 1 saturated heterocycles. The molecule has 4 rings (SSSR count). The molecule has 0 radical (unpaired) electrons. The minimum absolute atomic E-state index is 0.111. The maximum Gasteiger partial charge on any atom is 0.339 e. The monoisotopic (exact) mass is 534 g/mol. The number of carboxylic acids is 1. The van der Waals surface area contributed by atoms with Crippen LogP contribution in [-0.2, 0) is 9.47 Å². The van der Waals surface area contributed by atoms with Crippen LogP contribution < -0.4 is 9.47 Å². The lowest BCUT2D eigenvalue weighted by atomic mass is 9.77. The van der Waals surface area contributed by atoms with Gasteiger partial charge in [0.05, 0.1) is 37.5 Å². The summed E-state index contributed by atoms with van der Waals surface area (Å²) in [6, 6.07) is 1.06. The number of benzene rings is 2. The zero-order valence-corrected chi connectivity index (χ0v) is 20.7. The summed E-state index contributed by atoms with van der Waals surface area (Å²) in [5, 5.41) is 63.5. The molecule has 13 heteroatoms. The molecule has 2 aromatic carbocycles. The summed E-state index contributed by atoms with van der Waals surface area (Å²) in [7, 11) is 3.58. The number of aromatic carboxylic acids is 1. The molecule has 204 valence electrons. The summed E-state index contributed by atoms with van der Waals surface area (Å²) in [6.45, 7) is 1.06. The topological polar surface area (TPSA) is 210 Å². The second-order valence-corrected chi connectivity index (χ2v) is 8.88. The summed E-state index contributed by atoms with van der Waals surface area (Å²) >= 11 is 0. The smallest absolute Gasteiger partial charge is 0.339 e. The SMILES string of the molecule is COCC1OC(c2c(O)c3c(c(O)c2OC)C(=O)c2cc(OC)c(C(=O)O)c(C)c2C3=O)C(O)C(O)C1O. The zero-order chi connectivity index (χ0) is 28.2. The highest BCUT2D eigenvalue weighted by Crippen LogP contribution is 2.52. The first-order valence-corrected chi connectivity index (χ1v) is 11.3. The Labute approximate surface area is 215 Å². The number of carbonyl (C=O) groups excluding carboxylic acids is 2. The van der Waals surface area contributed by atoms with Crippen LogP contribution in [0.3, 0.4) is 0 Å². The largest absolute Gasteiger partial charge is 0.507 e. The molecular weight excluding hydrogens is 508 g/mol. The molecule has 2 aliphatic rings. The third-order valence-electron chi connectivity index (χ3n) is 6.87. The Morgan fingerprint density at radius 2 is 1.55 bits per heavy atom. The van der Waals surface area contributed by atoms with E-state index in [1.54, 1.807) is 0 Å². The van der Waals surface area contributed by atoms with Crippen molar-refractivity contribution in [2.24, 2.45) is 0 Å². The minimum atomic E-state index is -1.87. The number of ether oxygens (including phenoxy) is 4. The summed E-state index contributed by atoms with van der Waals surface area (Å²) in [4.78, 5) is 39.1. The zero-order valence-electron chi connectivity index (χ0n) is 20.7. The van der Waals surface area contributed by atoms with Crippen molar-refractivity contribution < 1.29 is 64.0 Å². The fourth-order valence-electron chi connectivity index (χ4n) is 5.07. The summed E-state index contributed by atoms with van der Waals surface area (Å²) < 4.78 is 21.0. The van der Waals surface area contributed by atoms with Gasteiger partial charge in [-0.25, -0.2) is 4.79 Å². The first-order valence-electron chi connectivity index (χ1n) is 11.3. The number of fused-ring (bicyclic) bond motifs is 2. The van der Waals surface area contributed by atoms with Gasteiger partial charge >= 0.3 is 5.97 Å². The van der Waals surface area contributed by atoms with Crippen LogP contribution in [0.1, 0.15) is 59.4 Å². The molecule has 5 atom stereocenters. The number of phenols is 2. The number of ketones is 2. The molecular formula is C25H26O13. The van der Waals surface area contributed by atoms with Gasteiger partial charge in [-0.3, -0.25) is 9.59 Å². The maximum absolute atomic E-state index is 13.7. The van der Waals surface area contributed by atoms with Crippen LogP contribution in [0.25, 0.3) is 0 Å². The number of rotatable bonds is 6. The second kappa shape index (κ2) is 9.85. The number of carbonyl (C=O) groups is 3. The van der Waals surface area contributed by atoms with Gasteiger partial charge in [-0.05, 0) is 18.6 Å². The number of aliphatic hydroxyl groups is 3. The lowest BCUT2D eigenvalue weighted by molar-refractivity contribution is -0.234. The fourth-order valence-corrected chi connectivity index (χ4v) is 5.07. The highest BCUT2D eigenvalue weighted by molar-refractivity contribution is 6.31. The number of aromatic hydroxyl groups is 2. The standard InChI is InChI=1S/C25H26O13/c1-7-11-8(5-9(36-3)12(7)25(33)34)16(26)13-14(18(11)28)19(29)15(23(37-4)20(13)30)24-22(32)21(31)17(27)10(38-24)6-35-2/h5,10,17,21-22,24,27,29-32H,6H2,1-4H3,(H,33,34). The number of hydrogen-bond donors (Lipinski definition) is 6. The Bertz CT molecular complexity index is 1350. The number of phenolic OH excluding ortho intramolecular Hbond substituents is 2. The van der Waals surface area contributed by atoms with Crippen LogP contribution >= 0.6 is 0 Å². The predicted octanol–water partition coefficient (Wildman–Crippen LogP) is 0.0660. The number of aliphatic hydroxyl groups excluding tert-OH is 3. The molecule has 1 fully saturated rings. The van der Waals surface area contributed by atoms with Crippen molar-refractivity contribution in [2.45, 2.75) is 37.4 Å². The minimum Gasteiger partial charge on any atom is -0.507 e. The van der Waals surface area contributed by atoms with E-state index >= 15 is 0 Å². The molecule has 0 saturated carbocycles. The average Bonchev–Trinajstić information content (AvgIpc) is 2.87. The van der Waals surface area contributed by atoms with Crippen molar-refractivity contribution in [3.63, 3.8) is 0 Å². The number of hydrogen-bond acceptors (Lipinski definition) is 12. The Morgan fingerprint density at radius 1 is 0.921 bits per heavy atom. The van der Waals surface area contributed by atoms with Gasteiger partial charge in [0.25, 0.3) is 0 Å². The van der Waals surface area contributed by atoms with Crippen molar-refractivity contribution in [1.29, 1.82) is 0 Å². The van der Waals surface area contributed by atoms with Crippen molar-refractivity contribution in [3.8, 4) is 23.0 Å². The van der Waals surface area contributed by atoms with Crippen LogP contribution in [-0.4, -0.2) is 101 Å². The van der Waals surface area contributed by atoms with Crippen LogP contribution in [0, 0.1) is 6.92 Å². The quantitative estimate of drug-likeness (QED) is 0.232. The van der Waals surface area contributed by atoms with E-state index in [9.17, 15) is 45.0 Å². The molecule has 0 bridgehead atoms. The Morgan fingerprint density at radius 3 is 2.11 bits per heavy atom. The van der Waals surface area contributed by atoms with E-state index in [0.29, 0.717) is 0 Å². The van der Waals surface area contributed by atoms with Gasteiger partial charge in [0.2, 0.25) is 0 Å². The van der Waals surface area contributed by atoms with Crippen LogP contribution in [0.2, 0.25) is 0 Å². The molecule has 1 heterocycles. The number of carboxylic acid groups (broad SMARTS) is 1. The van der Waals surface area contributed by atoms with E-state index in [0.717, 1.165) is 13.2 Å². The van der Waals surface area contributed by atoms with Crippen molar-refractivity contribution in [2.75, 3.05) is 27.9 Å². The molecule has 2 aromatic rings. The summed E-state index contributed by atoms with van der Waals surface area (Å²) in [5.74, 6) is -5.84. The molecule has 1 aliphatic heterocycles. The van der Waals surface area contributed by atoms with E-state index in [4.69, 9.17) is 18.9 Å². The van der Waals surface area contributed by atoms with E-state index < -0.39 is 82.0 Å². The van der Waals surface area contributed by atoms with Crippen molar-refractivity contribution >= 4 is 17.5 Å². The fraction of sp³-hybridized carbons (Fsp3) is 0.400. The molecule has 0 amide bonds. The molecule has 0 aromatic heterocycles. The van der Waals surface area contributed by atoms with E-state index in [1.165, 1.54) is 21.1 Å². The third-order valence-corrected chi connectivity index (χ3v) is 6.87. The molecule has 6 N–H and O–H groups in total. The van der Waals surface area contributed by atoms with Gasteiger partial charge in [-0.2, -0.15) is 0 Å². The van der Waals surface area contributed by atoms with E-state index in [2.05, 4.69) is 0 Å². The van der Waals surface area contributed by atoms with Crippen molar-refractivity contribution in [1.82, 2.24) is 0 Å². The molecule has 5 unspecified atom stereocenters. The number of methoxy groups -OCH3 is 3. The highest BCUT2D eigenvalue weighted by atomic mass is 16.6. The van der Waals surface area contributed by atoms with Gasteiger partial charge in [0, 0.05) is 18.2 Å². The van der Waals surface area contributed by atoms with Gasteiger partial charge in [0.1, 0.15) is 47.6 Å². The summed E-state index contributed by atoms with van der Waals surface area (Å²) in [6.07, 6.45) is -8.10.